The number of carboxylic acids is 1. The molecule has 4 heteroatoms. The fourth-order valence-electron chi connectivity index (χ4n) is 1.80. The van der Waals surface area contributed by atoms with Gasteiger partial charge in [0, 0.05) is 18.5 Å². The normalized spacial score (nSPS) is 10.2. The van der Waals surface area contributed by atoms with Crippen LogP contribution in [-0.4, -0.2) is 21.0 Å². The van der Waals surface area contributed by atoms with Crippen molar-refractivity contribution in [2.45, 2.75) is 12.8 Å². The van der Waals surface area contributed by atoms with Crippen LogP contribution in [0.25, 0.3) is 0 Å². The standard InChI is InChI=1S/C14H14N2O2/c1-2-6-11-12(16-13(15-11)14(17)18)9-10-7-4-3-5-8-10/h2-5,7-8H,1,6,9H2,(H,15,16)(H,17,18). The van der Waals surface area contributed by atoms with E-state index < -0.39 is 5.97 Å². The van der Waals surface area contributed by atoms with Crippen LogP contribution < -0.4 is 0 Å². The molecule has 92 valence electrons. The Morgan fingerprint density at radius 1 is 1.39 bits per heavy atom. The summed E-state index contributed by atoms with van der Waals surface area (Å²) in [6.45, 7) is 3.66. The van der Waals surface area contributed by atoms with Crippen LogP contribution in [0.15, 0.2) is 43.0 Å². The summed E-state index contributed by atoms with van der Waals surface area (Å²) in [6, 6.07) is 9.86. The van der Waals surface area contributed by atoms with Crippen molar-refractivity contribution in [1.29, 1.82) is 0 Å². The highest BCUT2D eigenvalue weighted by molar-refractivity contribution is 5.83. The SMILES string of the molecule is C=CCc1nc(C(=O)O)[nH]c1Cc1ccccc1. The second-order valence-electron chi connectivity index (χ2n) is 3.97. The first kappa shape index (κ1) is 12.1. The summed E-state index contributed by atoms with van der Waals surface area (Å²) in [4.78, 5) is 17.8. The lowest BCUT2D eigenvalue weighted by Gasteiger charge is -2.00. The molecule has 1 heterocycles. The van der Waals surface area contributed by atoms with Crippen LogP contribution in [-0.2, 0) is 12.8 Å². The van der Waals surface area contributed by atoms with Crippen molar-refractivity contribution in [2.75, 3.05) is 0 Å². The number of aromatic nitrogens is 2. The summed E-state index contributed by atoms with van der Waals surface area (Å²) in [5.41, 5.74) is 2.69. The van der Waals surface area contributed by atoms with Crippen molar-refractivity contribution in [3.8, 4) is 0 Å². The van der Waals surface area contributed by atoms with Gasteiger partial charge < -0.3 is 10.1 Å². The Morgan fingerprint density at radius 3 is 2.72 bits per heavy atom. The molecule has 2 rings (SSSR count). The largest absolute Gasteiger partial charge is 0.475 e. The Bertz CT molecular complexity index is 558. The number of hydrogen-bond donors (Lipinski definition) is 2. The van der Waals surface area contributed by atoms with Gasteiger partial charge in [-0.05, 0) is 5.56 Å². The number of allylic oxidation sites excluding steroid dienone is 1. The summed E-state index contributed by atoms with van der Waals surface area (Å²) >= 11 is 0. The number of carboxylic acid groups (broad SMARTS) is 1. The zero-order valence-electron chi connectivity index (χ0n) is 9.89. The minimum absolute atomic E-state index is 0.0159. The van der Waals surface area contributed by atoms with E-state index in [-0.39, 0.29) is 5.82 Å². The van der Waals surface area contributed by atoms with Gasteiger partial charge in [-0.25, -0.2) is 9.78 Å². The minimum atomic E-state index is -1.04. The van der Waals surface area contributed by atoms with E-state index >= 15 is 0 Å². The number of H-pyrrole nitrogens is 1. The van der Waals surface area contributed by atoms with Gasteiger partial charge in [0.1, 0.15) is 0 Å². The minimum Gasteiger partial charge on any atom is -0.475 e. The Labute approximate surface area is 105 Å². The van der Waals surface area contributed by atoms with Crippen molar-refractivity contribution < 1.29 is 9.90 Å². The van der Waals surface area contributed by atoms with Crippen LogP contribution in [0.5, 0.6) is 0 Å². The lowest BCUT2D eigenvalue weighted by molar-refractivity contribution is 0.0684. The summed E-state index contributed by atoms with van der Waals surface area (Å²) in [7, 11) is 0. The van der Waals surface area contributed by atoms with Crippen molar-refractivity contribution >= 4 is 5.97 Å². The number of aromatic amines is 1. The van der Waals surface area contributed by atoms with Crippen LogP contribution >= 0.6 is 0 Å². The van der Waals surface area contributed by atoms with E-state index in [9.17, 15) is 4.79 Å². The number of hydrogen-bond acceptors (Lipinski definition) is 2. The molecule has 1 aromatic heterocycles. The van der Waals surface area contributed by atoms with E-state index in [1.165, 1.54) is 0 Å². The highest BCUT2D eigenvalue weighted by Crippen LogP contribution is 2.13. The number of nitrogens with zero attached hydrogens (tertiary/aromatic N) is 1. The molecule has 2 N–H and O–H groups in total. The highest BCUT2D eigenvalue weighted by atomic mass is 16.4. The van der Waals surface area contributed by atoms with Crippen LogP contribution in [0.2, 0.25) is 0 Å². The molecular weight excluding hydrogens is 228 g/mol. The highest BCUT2D eigenvalue weighted by Gasteiger charge is 2.14. The second kappa shape index (κ2) is 5.31. The lowest BCUT2D eigenvalue weighted by Crippen LogP contribution is -1.99. The fraction of sp³-hybridized carbons (Fsp3) is 0.143. The van der Waals surface area contributed by atoms with Gasteiger partial charge in [-0.2, -0.15) is 0 Å². The Kier molecular flexibility index (Phi) is 3.57. The third-order valence-corrected chi connectivity index (χ3v) is 2.63. The summed E-state index contributed by atoms with van der Waals surface area (Å²) in [6.07, 6.45) is 2.92. The van der Waals surface area contributed by atoms with Gasteiger partial charge in [0.25, 0.3) is 0 Å². The molecule has 0 amide bonds. The predicted molar refractivity (Wildman–Crippen MR) is 68.7 cm³/mol. The molecule has 2 aromatic rings. The maximum absolute atomic E-state index is 10.9. The molecule has 0 fully saturated rings. The predicted octanol–water partition coefficient (Wildman–Crippen LogP) is 2.43. The fourth-order valence-corrected chi connectivity index (χ4v) is 1.80. The number of nitrogens with one attached hydrogen (secondary N) is 1. The second-order valence-corrected chi connectivity index (χ2v) is 3.97. The molecule has 0 atom stereocenters. The maximum Gasteiger partial charge on any atom is 0.371 e. The summed E-state index contributed by atoms with van der Waals surface area (Å²) in [5.74, 6) is -1.06. The monoisotopic (exact) mass is 242 g/mol. The number of imidazole rings is 1. The first-order chi connectivity index (χ1) is 8.70. The van der Waals surface area contributed by atoms with Gasteiger partial charge in [-0.1, -0.05) is 36.4 Å². The number of aromatic carboxylic acids is 1. The Balaban J connectivity index is 2.30. The molecule has 0 saturated carbocycles. The third-order valence-electron chi connectivity index (χ3n) is 2.63. The van der Waals surface area contributed by atoms with Crippen LogP contribution in [0.4, 0.5) is 0 Å². The van der Waals surface area contributed by atoms with Gasteiger partial charge in [0.05, 0.1) is 5.69 Å². The van der Waals surface area contributed by atoms with Crippen molar-refractivity contribution in [2.24, 2.45) is 0 Å². The summed E-state index contributed by atoms with van der Waals surface area (Å²) < 4.78 is 0. The molecule has 18 heavy (non-hydrogen) atoms. The number of rotatable bonds is 5. The van der Waals surface area contributed by atoms with Crippen LogP contribution in [0.3, 0.4) is 0 Å². The molecule has 0 bridgehead atoms. The average Bonchev–Trinajstić information content (AvgIpc) is 2.75. The Morgan fingerprint density at radius 2 is 2.11 bits per heavy atom. The van der Waals surface area contributed by atoms with E-state index in [4.69, 9.17) is 5.11 Å². The van der Waals surface area contributed by atoms with E-state index in [1.807, 2.05) is 30.3 Å². The van der Waals surface area contributed by atoms with E-state index in [0.29, 0.717) is 12.8 Å². The molecule has 0 saturated heterocycles. The quantitative estimate of drug-likeness (QED) is 0.791. The van der Waals surface area contributed by atoms with E-state index in [1.54, 1.807) is 6.08 Å². The van der Waals surface area contributed by atoms with Gasteiger partial charge in [-0.15, -0.1) is 6.58 Å². The van der Waals surface area contributed by atoms with E-state index in [0.717, 1.165) is 17.0 Å². The van der Waals surface area contributed by atoms with Crippen molar-refractivity contribution in [3.05, 3.63) is 65.8 Å². The third kappa shape index (κ3) is 2.66. The van der Waals surface area contributed by atoms with Crippen LogP contribution in [0.1, 0.15) is 27.6 Å². The van der Waals surface area contributed by atoms with Gasteiger partial charge in [0.2, 0.25) is 5.82 Å². The molecule has 1 aromatic carbocycles. The first-order valence-corrected chi connectivity index (χ1v) is 5.66. The Hall–Kier alpha value is -2.36. The van der Waals surface area contributed by atoms with Gasteiger partial charge in [0.15, 0.2) is 0 Å². The maximum atomic E-state index is 10.9. The summed E-state index contributed by atoms with van der Waals surface area (Å²) in [5, 5.41) is 8.94. The lowest BCUT2D eigenvalue weighted by atomic mass is 10.1. The van der Waals surface area contributed by atoms with Gasteiger partial charge >= 0.3 is 5.97 Å². The molecule has 0 aliphatic carbocycles. The van der Waals surface area contributed by atoms with Crippen molar-refractivity contribution in [3.63, 3.8) is 0 Å². The van der Waals surface area contributed by atoms with Crippen molar-refractivity contribution in [1.82, 2.24) is 9.97 Å². The molecule has 0 radical (unpaired) electrons. The molecule has 0 aliphatic heterocycles. The smallest absolute Gasteiger partial charge is 0.371 e. The topological polar surface area (TPSA) is 66.0 Å². The zero-order chi connectivity index (χ0) is 13.0. The molecule has 0 unspecified atom stereocenters. The van der Waals surface area contributed by atoms with Gasteiger partial charge in [-0.3, -0.25) is 0 Å². The average molecular weight is 242 g/mol. The molecule has 0 aliphatic rings. The number of carbonyl (C=O) groups is 1. The molecular formula is C14H14N2O2. The molecule has 0 spiro atoms. The van der Waals surface area contributed by atoms with E-state index in [2.05, 4.69) is 16.5 Å². The number of benzene rings is 1. The molecule has 4 nitrogen and oxygen atoms in total. The zero-order valence-corrected chi connectivity index (χ0v) is 9.89. The van der Waals surface area contributed by atoms with Crippen LogP contribution in [0, 0.1) is 0 Å². The first-order valence-electron chi connectivity index (χ1n) is 5.66.